The fraction of sp³-hybridized carbons (Fsp3) is 0.571. The zero-order chi connectivity index (χ0) is 13.1. The van der Waals surface area contributed by atoms with Gasteiger partial charge in [0, 0.05) is 11.6 Å². The molecule has 4 heteroatoms. The molecule has 1 aliphatic heterocycles. The molecule has 0 radical (unpaired) electrons. The third kappa shape index (κ3) is 2.79. The molecule has 1 aliphatic rings. The molecule has 1 heterocycles. The average Bonchev–Trinajstić information content (AvgIpc) is 2.37. The Hall–Kier alpha value is -0.770. The van der Waals surface area contributed by atoms with Crippen molar-refractivity contribution >= 4 is 11.6 Å². The van der Waals surface area contributed by atoms with Gasteiger partial charge in [-0.2, -0.15) is 0 Å². The Morgan fingerprint density at radius 1 is 1.50 bits per heavy atom. The van der Waals surface area contributed by atoms with E-state index < -0.39 is 6.10 Å². The van der Waals surface area contributed by atoms with Crippen LogP contribution in [0.4, 0.5) is 0 Å². The van der Waals surface area contributed by atoms with Crippen molar-refractivity contribution in [2.45, 2.75) is 31.9 Å². The fourth-order valence-corrected chi connectivity index (χ4v) is 2.85. The van der Waals surface area contributed by atoms with Crippen LogP contribution >= 0.6 is 11.6 Å². The van der Waals surface area contributed by atoms with Crippen LogP contribution < -0.4 is 10.1 Å². The van der Waals surface area contributed by atoms with Crippen LogP contribution in [0.2, 0.25) is 5.02 Å². The third-order valence-electron chi connectivity index (χ3n) is 3.61. The number of halogens is 1. The second kappa shape index (κ2) is 5.91. The lowest BCUT2D eigenvalue weighted by atomic mass is 9.88. The highest BCUT2D eigenvalue weighted by atomic mass is 35.5. The van der Waals surface area contributed by atoms with Gasteiger partial charge in [-0.15, -0.1) is 0 Å². The zero-order valence-corrected chi connectivity index (χ0v) is 11.6. The molecule has 1 aromatic rings. The van der Waals surface area contributed by atoms with Crippen molar-refractivity contribution in [3.05, 3.63) is 28.8 Å². The predicted octanol–water partition coefficient (Wildman–Crippen LogP) is 2.77. The normalized spacial score (nSPS) is 25.8. The summed E-state index contributed by atoms with van der Waals surface area (Å²) in [5.41, 5.74) is 0.688. The summed E-state index contributed by atoms with van der Waals surface area (Å²) in [6, 6.07) is 5.49. The Balaban J connectivity index is 2.24. The standard InChI is InChI=1S/C14H20ClNO2/c1-9-6-7-16-11(8-9)14(17)13-10(15)4-3-5-12(13)18-2/h3-5,9,11,14,16-17H,6-8H2,1-2H3. The number of piperidine rings is 1. The largest absolute Gasteiger partial charge is 0.496 e. The SMILES string of the molecule is COc1cccc(Cl)c1C(O)C1CC(C)CCN1. The van der Waals surface area contributed by atoms with Crippen molar-refractivity contribution < 1.29 is 9.84 Å². The van der Waals surface area contributed by atoms with E-state index in [2.05, 4.69) is 12.2 Å². The summed E-state index contributed by atoms with van der Waals surface area (Å²) >= 11 is 6.19. The molecule has 0 aromatic heterocycles. The van der Waals surface area contributed by atoms with Gasteiger partial charge in [-0.25, -0.2) is 0 Å². The van der Waals surface area contributed by atoms with E-state index in [1.54, 1.807) is 13.2 Å². The summed E-state index contributed by atoms with van der Waals surface area (Å²) < 4.78 is 5.29. The van der Waals surface area contributed by atoms with Gasteiger partial charge in [0.05, 0.1) is 18.2 Å². The van der Waals surface area contributed by atoms with Gasteiger partial charge in [-0.05, 0) is 37.4 Å². The molecule has 0 aliphatic carbocycles. The Labute approximate surface area is 113 Å². The maximum atomic E-state index is 10.5. The van der Waals surface area contributed by atoms with Gasteiger partial charge in [-0.1, -0.05) is 24.6 Å². The second-order valence-electron chi connectivity index (χ2n) is 4.99. The molecule has 0 amide bonds. The zero-order valence-electron chi connectivity index (χ0n) is 10.8. The summed E-state index contributed by atoms with van der Waals surface area (Å²) in [4.78, 5) is 0. The molecule has 0 spiro atoms. The van der Waals surface area contributed by atoms with E-state index in [1.165, 1.54) is 0 Å². The third-order valence-corrected chi connectivity index (χ3v) is 3.94. The van der Waals surface area contributed by atoms with E-state index in [4.69, 9.17) is 16.3 Å². The number of nitrogens with one attached hydrogen (secondary N) is 1. The first-order valence-electron chi connectivity index (χ1n) is 6.37. The van der Waals surface area contributed by atoms with Crippen molar-refractivity contribution in [1.29, 1.82) is 0 Å². The number of aliphatic hydroxyl groups excluding tert-OH is 1. The Bertz CT molecular complexity index is 411. The smallest absolute Gasteiger partial charge is 0.126 e. The van der Waals surface area contributed by atoms with Gasteiger partial charge < -0.3 is 15.2 Å². The van der Waals surface area contributed by atoms with E-state index in [0.29, 0.717) is 22.3 Å². The minimum Gasteiger partial charge on any atom is -0.496 e. The average molecular weight is 270 g/mol. The van der Waals surface area contributed by atoms with Gasteiger partial charge in [0.25, 0.3) is 0 Å². The molecular weight excluding hydrogens is 250 g/mol. The van der Waals surface area contributed by atoms with Crippen LogP contribution in [0.3, 0.4) is 0 Å². The monoisotopic (exact) mass is 269 g/mol. The minimum atomic E-state index is -0.628. The van der Waals surface area contributed by atoms with Crippen LogP contribution in [0, 0.1) is 5.92 Å². The molecule has 3 atom stereocenters. The van der Waals surface area contributed by atoms with E-state index >= 15 is 0 Å². The molecule has 0 bridgehead atoms. The highest BCUT2D eigenvalue weighted by Gasteiger charge is 2.29. The molecule has 3 nitrogen and oxygen atoms in total. The van der Waals surface area contributed by atoms with E-state index in [9.17, 15) is 5.11 Å². The molecule has 100 valence electrons. The lowest BCUT2D eigenvalue weighted by molar-refractivity contribution is 0.0990. The molecule has 1 fully saturated rings. The van der Waals surface area contributed by atoms with Crippen LogP contribution in [-0.2, 0) is 0 Å². The molecule has 3 unspecified atom stereocenters. The van der Waals surface area contributed by atoms with Crippen molar-refractivity contribution in [1.82, 2.24) is 5.32 Å². The van der Waals surface area contributed by atoms with Crippen molar-refractivity contribution in [2.24, 2.45) is 5.92 Å². The number of benzene rings is 1. The first-order chi connectivity index (χ1) is 8.63. The first-order valence-corrected chi connectivity index (χ1v) is 6.75. The van der Waals surface area contributed by atoms with Gasteiger partial charge in [-0.3, -0.25) is 0 Å². The van der Waals surface area contributed by atoms with E-state index in [0.717, 1.165) is 19.4 Å². The Kier molecular flexibility index (Phi) is 4.49. The highest BCUT2D eigenvalue weighted by molar-refractivity contribution is 6.31. The predicted molar refractivity (Wildman–Crippen MR) is 73.2 cm³/mol. The van der Waals surface area contributed by atoms with Gasteiger partial charge >= 0.3 is 0 Å². The van der Waals surface area contributed by atoms with E-state index in [1.807, 2.05) is 12.1 Å². The maximum Gasteiger partial charge on any atom is 0.126 e. The molecule has 2 N–H and O–H groups in total. The number of aliphatic hydroxyl groups is 1. The highest BCUT2D eigenvalue weighted by Crippen LogP contribution is 2.36. The van der Waals surface area contributed by atoms with Crippen molar-refractivity contribution in [3.63, 3.8) is 0 Å². The topological polar surface area (TPSA) is 41.5 Å². The number of hydrogen-bond acceptors (Lipinski definition) is 3. The summed E-state index contributed by atoms with van der Waals surface area (Å²) in [6.07, 6.45) is 1.48. The lowest BCUT2D eigenvalue weighted by Gasteiger charge is -2.32. The van der Waals surface area contributed by atoms with Crippen LogP contribution in [0.1, 0.15) is 31.4 Å². The summed E-state index contributed by atoms with van der Waals surface area (Å²) in [6.45, 7) is 3.15. The van der Waals surface area contributed by atoms with Crippen LogP contribution in [0.15, 0.2) is 18.2 Å². The molecule has 2 rings (SSSR count). The molecule has 0 saturated carbocycles. The molecule has 1 aromatic carbocycles. The van der Waals surface area contributed by atoms with Crippen molar-refractivity contribution in [2.75, 3.05) is 13.7 Å². The fourth-order valence-electron chi connectivity index (χ4n) is 2.57. The summed E-state index contributed by atoms with van der Waals surface area (Å²) in [5, 5.41) is 14.4. The number of hydrogen-bond donors (Lipinski definition) is 2. The van der Waals surface area contributed by atoms with Gasteiger partial charge in [0.2, 0.25) is 0 Å². The van der Waals surface area contributed by atoms with Crippen LogP contribution in [0.5, 0.6) is 5.75 Å². The van der Waals surface area contributed by atoms with Crippen LogP contribution in [0.25, 0.3) is 0 Å². The van der Waals surface area contributed by atoms with Gasteiger partial charge in [0.15, 0.2) is 0 Å². The number of rotatable bonds is 3. The molecule has 18 heavy (non-hydrogen) atoms. The quantitative estimate of drug-likeness (QED) is 0.887. The Morgan fingerprint density at radius 2 is 2.28 bits per heavy atom. The second-order valence-corrected chi connectivity index (χ2v) is 5.40. The van der Waals surface area contributed by atoms with Crippen LogP contribution in [-0.4, -0.2) is 24.8 Å². The van der Waals surface area contributed by atoms with Gasteiger partial charge in [0.1, 0.15) is 5.75 Å². The lowest BCUT2D eigenvalue weighted by Crippen LogP contribution is -2.41. The Morgan fingerprint density at radius 3 is 2.94 bits per heavy atom. The molecular formula is C14H20ClNO2. The molecule has 1 saturated heterocycles. The van der Waals surface area contributed by atoms with E-state index in [-0.39, 0.29) is 6.04 Å². The number of ether oxygens (including phenoxy) is 1. The van der Waals surface area contributed by atoms with Crippen molar-refractivity contribution in [3.8, 4) is 5.75 Å². The first kappa shape index (κ1) is 13.7. The summed E-state index contributed by atoms with van der Waals surface area (Å²) in [5.74, 6) is 1.27. The maximum absolute atomic E-state index is 10.5. The minimum absolute atomic E-state index is 0.0440. The summed E-state index contributed by atoms with van der Waals surface area (Å²) in [7, 11) is 1.60. The number of methoxy groups -OCH3 is 1.